The van der Waals surface area contributed by atoms with Crippen molar-refractivity contribution in [2.45, 2.75) is 31.7 Å². The van der Waals surface area contributed by atoms with Gasteiger partial charge in [-0.3, -0.25) is 14.2 Å². The van der Waals surface area contributed by atoms with Crippen LogP contribution in [0, 0.1) is 5.41 Å². The van der Waals surface area contributed by atoms with E-state index in [1.165, 1.54) is 0 Å². The zero-order chi connectivity index (χ0) is 19.5. The normalized spacial score (nSPS) is 25.6. The van der Waals surface area contributed by atoms with Gasteiger partial charge in [0.25, 0.3) is 5.56 Å². The molecular formula is C22H20N2O4. The smallest absolute Gasteiger partial charge is 0.315 e. The maximum Gasteiger partial charge on any atom is 0.315 e. The van der Waals surface area contributed by atoms with Crippen LogP contribution in [0.2, 0.25) is 0 Å². The molecule has 2 aliphatic carbocycles. The summed E-state index contributed by atoms with van der Waals surface area (Å²) in [5.41, 5.74) is 2.47. The first kappa shape index (κ1) is 17.0. The molecule has 1 aromatic carbocycles. The molecule has 0 saturated heterocycles. The summed E-state index contributed by atoms with van der Waals surface area (Å²) in [6, 6.07) is 7.47. The summed E-state index contributed by atoms with van der Waals surface area (Å²) in [6.45, 7) is 0. The summed E-state index contributed by atoms with van der Waals surface area (Å²) in [4.78, 5) is 29.6. The Morgan fingerprint density at radius 3 is 3.04 bits per heavy atom. The zero-order valence-corrected chi connectivity index (χ0v) is 15.5. The number of carbonyl (C=O) groups is 1. The molecule has 0 spiro atoms. The van der Waals surface area contributed by atoms with Crippen molar-refractivity contribution in [2.75, 3.05) is 7.11 Å². The summed E-state index contributed by atoms with van der Waals surface area (Å²) < 4.78 is 6.90. The highest BCUT2D eigenvalue weighted by Crippen LogP contribution is 2.59. The fraction of sp³-hybridized carbons (Fsp3) is 0.318. The van der Waals surface area contributed by atoms with Crippen molar-refractivity contribution in [1.29, 1.82) is 0 Å². The summed E-state index contributed by atoms with van der Waals surface area (Å²) in [6.07, 6.45) is 8.32. The lowest BCUT2D eigenvalue weighted by atomic mass is 9.90. The number of rotatable bonds is 3. The summed E-state index contributed by atoms with van der Waals surface area (Å²) in [5, 5.41) is 9.54. The van der Waals surface area contributed by atoms with E-state index in [1.807, 2.05) is 24.3 Å². The van der Waals surface area contributed by atoms with Crippen LogP contribution >= 0.6 is 0 Å². The number of aromatic nitrogens is 2. The monoisotopic (exact) mass is 376 g/mol. The molecule has 3 aliphatic rings. The van der Waals surface area contributed by atoms with Crippen LogP contribution in [0.3, 0.4) is 0 Å². The third kappa shape index (κ3) is 2.37. The molecular weight excluding hydrogens is 356 g/mol. The lowest BCUT2D eigenvalue weighted by molar-refractivity contribution is -0.141. The molecule has 2 heterocycles. The molecule has 142 valence electrons. The van der Waals surface area contributed by atoms with E-state index in [1.54, 1.807) is 23.8 Å². The van der Waals surface area contributed by atoms with Crippen molar-refractivity contribution < 1.29 is 14.6 Å². The number of allylic oxidation sites excluding steroid dienone is 1. The molecule has 5 rings (SSSR count). The van der Waals surface area contributed by atoms with Crippen molar-refractivity contribution >= 4 is 23.7 Å². The van der Waals surface area contributed by atoms with E-state index in [4.69, 9.17) is 9.72 Å². The fourth-order valence-electron chi connectivity index (χ4n) is 4.43. The number of hydrogen-bond acceptors (Lipinski definition) is 4. The molecule has 1 aliphatic heterocycles. The average molecular weight is 376 g/mol. The second-order valence-electron chi connectivity index (χ2n) is 7.67. The highest BCUT2D eigenvalue weighted by molar-refractivity contribution is 5.85. The van der Waals surface area contributed by atoms with Crippen molar-refractivity contribution in [3.8, 4) is 5.75 Å². The van der Waals surface area contributed by atoms with Gasteiger partial charge >= 0.3 is 5.97 Å². The van der Waals surface area contributed by atoms with E-state index in [9.17, 15) is 14.7 Å². The minimum Gasteiger partial charge on any atom is -0.497 e. The Bertz CT molecular complexity index is 1130. The van der Waals surface area contributed by atoms with Gasteiger partial charge in [-0.25, -0.2) is 4.98 Å². The molecule has 0 amide bonds. The fourth-order valence-corrected chi connectivity index (χ4v) is 4.43. The van der Waals surface area contributed by atoms with Crippen LogP contribution in [0.1, 0.15) is 47.9 Å². The van der Waals surface area contributed by atoms with E-state index >= 15 is 0 Å². The van der Waals surface area contributed by atoms with Gasteiger partial charge in [0, 0.05) is 5.56 Å². The first-order valence-corrected chi connectivity index (χ1v) is 9.46. The SMILES string of the molecule is COc1cccc(/C=C2/CCCc3c2nc2n(c3=O)C3CC3(C(=O)O)C=C2)c1. The number of aliphatic carboxylic acids is 1. The lowest BCUT2D eigenvalue weighted by Crippen LogP contribution is -2.33. The molecule has 1 fully saturated rings. The van der Waals surface area contributed by atoms with Crippen LogP contribution in [0.5, 0.6) is 5.75 Å². The summed E-state index contributed by atoms with van der Waals surface area (Å²) in [5.74, 6) is 0.467. The Morgan fingerprint density at radius 1 is 1.39 bits per heavy atom. The largest absolute Gasteiger partial charge is 0.497 e. The summed E-state index contributed by atoms with van der Waals surface area (Å²) >= 11 is 0. The summed E-state index contributed by atoms with van der Waals surface area (Å²) in [7, 11) is 1.64. The second kappa shape index (κ2) is 5.92. The molecule has 1 saturated carbocycles. The number of methoxy groups -OCH3 is 1. The molecule has 2 unspecified atom stereocenters. The second-order valence-corrected chi connectivity index (χ2v) is 7.67. The van der Waals surface area contributed by atoms with Gasteiger partial charge in [-0.2, -0.15) is 0 Å². The Labute approximate surface area is 161 Å². The van der Waals surface area contributed by atoms with E-state index < -0.39 is 11.4 Å². The Kier molecular flexibility index (Phi) is 3.59. The first-order valence-electron chi connectivity index (χ1n) is 9.46. The van der Waals surface area contributed by atoms with Crippen LogP contribution in [-0.2, 0) is 11.2 Å². The van der Waals surface area contributed by atoms with Crippen LogP contribution < -0.4 is 10.3 Å². The maximum absolute atomic E-state index is 13.2. The van der Waals surface area contributed by atoms with Crippen molar-refractivity contribution in [1.82, 2.24) is 9.55 Å². The number of nitrogens with zero attached hydrogens (tertiary/aromatic N) is 2. The Morgan fingerprint density at radius 2 is 2.25 bits per heavy atom. The standard InChI is InChI=1S/C22H20N2O4/c1-28-15-6-2-4-13(11-15)10-14-5-3-7-16-19(14)23-18-8-9-22(21(26)27)12-17(22)24(18)20(16)25/h2,4,6,8-11,17H,3,5,7,12H2,1H3,(H,26,27)/b14-10-. The topological polar surface area (TPSA) is 81.4 Å². The average Bonchev–Trinajstić information content (AvgIpc) is 3.45. The molecule has 0 bridgehead atoms. The molecule has 2 atom stereocenters. The number of hydrogen-bond donors (Lipinski definition) is 1. The van der Waals surface area contributed by atoms with Gasteiger partial charge in [0.15, 0.2) is 0 Å². The molecule has 28 heavy (non-hydrogen) atoms. The van der Waals surface area contributed by atoms with Gasteiger partial charge in [0.2, 0.25) is 0 Å². The first-order chi connectivity index (χ1) is 13.5. The molecule has 2 aromatic rings. The molecule has 6 heteroatoms. The van der Waals surface area contributed by atoms with Crippen LogP contribution in [0.4, 0.5) is 0 Å². The number of carboxylic acid groups (broad SMARTS) is 1. The minimum atomic E-state index is -0.930. The van der Waals surface area contributed by atoms with E-state index in [0.717, 1.165) is 35.4 Å². The van der Waals surface area contributed by atoms with Crippen LogP contribution in [0.15, 0.2) is 35.1 Å². The Balaban J connectivity index is 1.62. The molecule has 1 aromatic heterocycles. The molecule has 6 nitrogen and oxygen atoms in total. The minimum absolute atomic E-state index is 0.0892. The van der Waals surface area contributed by atoms with E-state index in [0.29, 0.717) is 24.2 Å². The third-order valence-electron chi connectivity index (χ3n) is 6.05. The maximum atomic E-state index is 13.2. The van der Waals surface area contributed by atoms with Gasteiger partial charge in [-0.15, -0.1) is 0 Å². The zero-order valence-electron chi connectivity index (χ0n) is 15.5. The van der Waals surface area contributed by atoms with Crippen LogP contribution in [-0.4, -0.2) is 27.7 Å². The van der Waals surface area contributed by atoms with Gasteiger partial charge in [0.05, 0.1) is 18.8 Å². The quantitative estimate of drug-likeness (QED) is 0.890. The highest BCUT2D eigenvalue weighted by Gasteiger charge is 2.62. The van der Waals surface area contributed by atoms with Crippen molar-refractivity contribution in [2.24, 2.45) is 5.41 Å². The van der Waals surface area contributed by atoms with E-state index in [2.05, 4.69) is 6.08 Å². The lowest BCUT2D eigenvalue weighted by Gasteiger charge is -2.23. The highest BCUT2D eigenvalue weighted by atomic mass is 16.5. The predicted molar refractivity (Wildman–Crippen MR) is 105 cm³/mol. The Hall–Kier alpha value is -3.15. The number of benzene rings is 1. The van der Waals surface area contributed by atoms with Gasteiger partial charge in [0.1, 0.15) is 17.0 Å². The van der Waals surface area contributed by atoms with E-state index in [-0.39, 0.29) is 11.6 Å². The predicted octanol–water partition coefficient (Wildman–Crippen LogP) is 3.17. The van der Waals surface area contributed by atoms with Crippen LogP contribution in [0.25, 0.3) is 17.7 Å². The molecule has 1 N–H and O–H groups in total. The van der Waals surface area contributed by atoms with Gasteiger partial charge in [-0.05, 0) is 61.1 Å². The third-order valence-corrected chi connectivity index (χ3v) is 6.05. The molecule has 0 radical (unpaired) electrons. The van der Waals surface area contributed by atoms with Crippen molar-refractivity contribution in [3.05, 3.63) is 63.3 Å². The number of carboxylic acids is 1. The van der Waals surface area contributed by atoms with Crippen molar-refractivity contribution in [3.63, 3.8) is 0 Å². The van der Waals surface area contributed by atoms with Gasteiger partial charge in [-0.1, -0.05) is 18.2 Å². The number of ether oxygens (including phenoxy) is 1. The van der Waals surface area contributed by atoms with Gasteiger partial charge < -0.3 is 9.84 Å². The number of fused-ring (bicyclic) bond motifs is 4.